The van der Waals surface area contributed by atoms with Crippen molar-refractivity contribution in [2.45, 2.75) is 51.2 Å². The van der Waals surface area contributed by atoms with Gasteiger partial charge in [0.15, 0.2) is 0 Å². The molecular weight excluding hydrogens is 248 g/mol. The van der Waals surface area contributed by atoms with Crippen molar-refractivity contribution in [1.82, 2.24) is 9.80 Å². The zero-order chi connectivity index (χ0) is 14.6. The number of carboxylic acid groups (broad SMARTS) is 1. The van der Waals surface area contributed by atoms with Gasteiger partial charge in [0, 0.05) is 13.1 Å². The van der Waals surface area contributed by atoms with E-state index >= 15 is 0 Å². The highest BCUT2D eigenvalue weighted by molar-refractivity contribution is 5.80. The molecule has 0 unspecified atom stereocenters. The maximum Gasteiger partial charge on any atom is 0.323 e. The van der Waals surface area contributed by atoms with Gasteiger partial charge >= 0.3 is 12.0 Å². The topological polar surface area (TPSA) is 81.1 Å². The lowest BCUT2D eigenvalue weighted by Crippen LogP contribution is -2.51. The van der Waals surface area contributed by atoms with Gasteiger partial charge in [0.05, 0.1) is 12.1 Å². The van der Waals surface area contributed by atoms with Crippen molar-refractivity contribution < 1.29 is 19.8 Å². The highest BCUT2D eigenvalue weighted by atomic mass is 16.4. The summed E-state index contributed by atoms with van der Waals surface area (Å²) >= 11 is 0. The highest BCUT2D eigenvalue weighted by Gasteiger charge is 2.35. The Labute approximate surface area is 114 Å². The molecule has 0 heterocycles. The van der Waals surface area contributed by atoms with Gasteiger partial charge in [0.1, 0.15) is 6.54 Å². The lowest BCUT2D eigenvalue weighted by Gasteiger charge is -2.34. The van der Waals surface area contributed by atoms with Crippen LogP contribution < -0.4 is 0 Å². The largest absolute Gasteiger partial charge is 0.480 e. The normalized spacial score (nSPS) is 17.5. The number of hydrogen-bond donors (Lipinski definition) is 2. The molecule has 0 radical (unpaired) electrons. The number of aliphatic carboxylic acids is 1. The van der Waals surface area contributed by atoms with Crippen molar-refractivity contribution in [3.63, 3.8) is 0 Å². The SMILES string of the molecule is CC(C)N(CC(=O)O)C(=O)N(C)CC1(O)CCCC1. The molecule has 1 rings (SSSR count). The molecule has 0 aromatic rings. The number of rotatable bonds is 5. The number of carboxylic acids is 1. The fourth-order valence-electron chi connectivity index (χ4n) is 2.54. The Morgan fingerprint density at radius 3 is 2.21 bits per heavy atom. The summed E-state index contributed by atoms with van der Waals surface area (Å²) < 4.78 is 0. The number of carbonyl (C=O) groups excluding carboxylic acids is 1. The number of amides is 2. The molecule has 0 aromatic carbocycles. The summed E-state index contributed by atoms with van der Waals surface area (Å²) in [7, 11) is 1.61. The number of likely N-dealkylation sites (N-methyl/N-ethyl adjacent to an activating group) is 1. The van der Waals surface area contributed by atoms with Gasteiger partial charge in [-0.3, -0.25) is 4.79 Å². The Bertz CT molecular complexity index is 338. The van der Waals surface area contributed by atoms with Crippen molar-refractivity contribution in [3.8, 4) is 0 Å². The van der Waals surface area contributed by atoms with Gasteiger partial charge in [-0.15, -0.1) is 0 Å². The average molecular weight is 272 g/mol. The minimum Gasteiger partial charge on any atom is -0.480 e. The third-order valence-corrected chi connectivity index (χ3v) is 3.57. The molecule has 1 aliphatic rings. The number of carbonyl (C=O) groups is 2. The Hall–Kier alpha value is -1.30. The summed E-state index contributed by atoms with van der Waals surface area (Å²) in [5.74, 6) is -1.03. The van der Waals surface area contributed by atoms with Crippen molar-refractivity contribution >= 4 is 12.0 Å². The fourth-order valence-corrected chi connectivity index (χ4v) is 2.54. The van der Waals surface area contributed by atoms with E-state index in [1.165, 1.54) is 9.80 Å². The van der Waals surface area contributed by atoms with Crippen molar-refractivity contribution in [1.29, 1.82) is 0 Å². The first kappa shape index (κ1) is 15.8. The lowest BCUT2D eigenvalue weighted by atomic mass is 10.0. The van der Waals surface area contributed by atoms with Crippen molar-refractivity contribution in [2.24, 2.45) is 0 Å². The van der Waals surface area contributed by atoms with Crippen LogP contribution in [0.2, 0.25) is 0 Å². The second kappa shape index (κ2) is 6.23. The Morgan fingerprint density at radius 1 is 1.26 bits per heavy atom. The summed E-state index contributed by atoms with van der Waals surface area (Å²) in [6, 6.07) is -0.540. The fraction of sp³-hybridized carbons (Fsp3) is 0.846. The van der Waals surface area contributed by atoms with Gasteiger partial charge < -0.3 is 20.0 Å². The molecule has 1 saturated carbocycles. The summed E-state index contributed by atoms with van der Waals surface area (Å²) in [5, 5.41) is 19.1. The van der Waals surface area contributed by atoms with Gasteiger partial charge in [-0.2, -0.15) is 0 Å². The van der Waals surface area contributed by atoms with E-state index < -0.39 is 11.6 Å². The molecule has 0 saturated heterocycles. The molecule has 1 aliphatic carbocycles. The lowest BCUT2D eigenvalue weighted by molar-refractivity contribution is -0.138. The van der Waals surface area contributed by atoms with E-state index in [1.807, 2.05) is 0 Å². The monoisotopic (exact) mass is 272 g/mol. The van der Waals surface area contributed by atoms with E-state index in [2.05, 4.69) is 0 Å². The van der Waals surface area contributed by atoms with Crippen LogP contribution in [0, 0.1) is 0 Å². The van der Waals surface area contributed by atoms with E-state index in [9.17, 15) is 14.7 Å². The Balaban J connectivity index is 2.65. The third-order valence-electron chi connectivity index (χ3n) is 3.57. The van der Waals surface area contributed by atoms with E-state index in [-0.39, 0.29) is 25.2 Å². The smallest absolute Gasteiger partial charge is 0.323 e. The number of hydrogen-bond acceptors (Lipinski definition) is 3. The van der Waals surface area contributed by atoms with E-state index in [1.54, 1.807) is 20.9 Å². The Kier molecular flexibility index (Phi) is 5.17. The first-order valence-electron chi connectivity index (χ1n) is 6.71. The molecule has 6 heteroatoms. The maximum absolute atomic E-state index is 12.2. The van der Waals surface area contributed by atoms with Crippen molar-refractivity contribution in [3.05, 3.63) is 0 Å². The van der Waals surface area contributed by atoms with Crippen LogP contribution in [-0.2, 0) is 4.79 Å². The summed E-state index contributed by atoms with van der Waals surface area (Å²) in [6.45, 7) is 3.49. The third kappa shape index (κ3) is 4.38. The van der Waals surface area contributed by atoms with Gasteiger partial charge in [0.2, 0.25) is 0 Å². The first-order valence-corrected chi connectivity index (χ1v) is 6.71. The molecule has 0 bridgehead atoms. The summed E-state index contributed by atoms with van der Waals surface area (Å²) in [4.78, 5) is 25.7. The molecule has 1 fully saturated rings. The van der Waals surface area contributed by atoms with Crippen LogP contribution in [0.1, 0.15) is 39.5 Å². The second-order valence-electron chi connectivity index (χ2n) is 5.69. The zero-order valence-corrected chi connectivity index (χ0v) is 11.9. The predicted octanol–water partition coefficient (Wildman–Crippen LogP) is 1.14. The van der Waals surface area contributed by atoms with Gasteiger partial charge in [-0.25, -0.2) is 4.79 Å². The van der Waals surface area contributed by atoms with Crippen LogP contribution in [0.15, 0.2) is 0 Å². The van der Waals surface area contributed by atoms with E-state index in [4.69, 9.17) is 5.11 Å². The molecule has 19 heavy (non-hydrogen) atoms. The maximum atomic E-state index is 12.2. The quantitative estimate of drug-likeness (QED) is 0.786. The van der Waals surface area contributed by atoms with Gasteiger partial charge in [-0.05, 0) is 26.7 Å². The molecule has 0 aromatic heterocycles. The molecule has 110 valence electrons. The standard InChI is InChI=1S/C13H24N2O4/c1-10(2)15(8-11(16)17)12(18)14(3)9-13(19)6-4-5-7-13/h10,19H,4-9H2,1-3H3,(H,16,17). The number of nitrogens with zero attached hydrogens (tertiary/aromatic N) is 2. The van der Waals surface area contributed by atoms with E-state index in [0.29, 0.717) is 12.8 Å². The van der Waals surface area contributed by atoms with Crippen LogP contribution >= 0.6 is 0 Å². The van der Waals surface area contributed by atoms with Crippen LogP contribution in [0.4, 0.5) is 4.79 Å². The van der Waals surface area contributed by atoms with Gasteiger partial charge in [-0.1, -0.05) is 12.8 Å². The zero-order valence-electron chi connectivity index (χ0n) is 11.9. The van der Waals surface area contributed by atoms with Crippen LogP contribution in [0.3, 0.4) is 0 Å². The summed E-state index contributed by atoms with van der Waals surface area (Å²) in [6.07, 6.45) is 3.35. The van der Waals surface area contributed by atoms with Crippen LogP contribution in [0.5, 0.6) is 0 Å². The van der Waals surface area contributed by atoms with Crippen LogP contribution in [0.25, 0.3) is 0 Å². The molecule has 6 nitrogen and oxygen atoms in total. The molecule has 2 N–H and O–H groups in total. The highest BCUT2D eigenvalue weighted by Crippen LogP contribution is 2.30. The van der Waals surface area contributed by atoms with Crippen LogP contribution in [-0.4, -0.2) is 63.8 Å². The molecule has 0 spiro atoms. The van der Waals surface area contributed by atoms with Crippen molar-refractivity contribution in [2.75, 3.05) is 20.1 Å². The molecule has 0 atom stereocenters. The minimum absolute atomic E-state index is 0.190. The molecular formula is C13H24N2O4. The predicted molar refractivity (Wildman–Crippen MR) is 70.9 cm³/mol. The number of urea groups is 1. The number of aliphatic hydroxyl groups is 1. The minimum atomic E-state index is -1.03. The second-order valence-corrected chi connectivity index (χ2v) is 5.69. The first-order chi connectivity index (χ1) is 8.75. The molecule has 0 aliphatic heterocycles. The summed E-state index contributed by atoms with van der Waals surface area (Å²) in [5.41, 5.74) is -0.809. The Morgan fingerprint density at radius 2 is 1.79 bits per heavy atom. The average Bonchev–Trinajstić information content (AvgIpc) is 2.71. The van der Waals surface area contributed by atoms with Gasteiger partial charge in [0.25, 0.3) is 0 Å². The van der Waals surface area contributed by atoms with E-state index in [0.717, 1.165) is 12.8 Å². The molecule has 2 amide bonds.